The van der Waals surface area contributed by atoms with E-state index < -0.39 is 10.0 Å². The van der Waals surface area contributed by atoms with Gasteiger partial charge in [0.15, 0.2) is 0 Å². The smallest absolute Gasteiger partial charge is 0.255 e. The first-order valence-electron chi connectivity index (χ1n) is 10.9. The highest BCUT2D eigenvalue weighted by molar-refractivity contribution is 7.95. The quantitative estimate of drug-likeness (QED) is 0.529. The van der Waals surface area contributed by atoms with Crippen molar-refractivity contribution in [2.45, 2.75) is 19.0 Å². The summed E-state index contributed by atoms with van der Waals surface area (Å²) in [7, 11) is -3.65. The van der Waals surface area contributed by atoms with E-state index in [0.717, 1.165) is 37.0 Å². The van der Waals surface area contributed by atoms with Crippen LogP contribution in [0.2, 0.25) is 0 Å². The molecule has 1 unspecified atom stereocenters. The van der Waals surface area contributed by atoms with Gasteiger partial charge in [-0.2, -0.15) is 0 Å². The van der Waals surface area contributed by atoms with Gasteiger partial charge < -0.3 is 5.32 Å². The normalized spacial score (nSPS) is 16.7. The van der Waals surface area contributed by atoms with Gasteiger partial charge in [0.2, 0.25) is 0 Å². The zero-order valence-corrected chi connectivity index (χ0v) is 19.0. The second-order valence-electron chi connectivity index (χ2n) is 8.12. The molecule has 1 atom stereocenters. The summed E-state index contributed by atoms with van der Waals surface area (Å²) in [5.74, 6) is -0.153. The Labute approximate surface area is 195 Å². The molecule has 3 aromatic carbocycles. The topological polar surface area (TPSA) is 78.5 Å². The molecule has 0 saturated carbocycles. The molecule has 3 aromatic rings. The first-order valence-corrected chi connectivity index (χ1v) is 12.4. The molecular weight excluding hydrogens is 434 g/mol. The second-order valence-corrected chi connectivity index (χ2v) is 9.68. The number of amides is 1. The van der Waals surface area contributed by atoms with Crippen LogP contribution in [0.25, 0.3) is 6.08 Å². The van der Waals surface area contributed by atoms with Crippen LogP contribution >= 0.6 is 0 Å². The highest BCUT2D eigenvalue weighted by atomic mass is 32.2. The van der Waals surface area contributed by atoms with Crippen LogP contribution in [0.5, 0.6) is 0 Å². The predicted octanol–water partition coefficient (Wildman–Crippen LogP) is 4.10. The Morgan fingerprint density at radius 3 is 2.30 bits per heavy atom. The highest BCUT2D eigenvalue weighted by Crippen LogP contribution is 2.16. The summed E-state index contributed by atoms with van der Waals surface area (Å²) < 4.78 is 27.1. The number of hydrogen-bond acceptors (Lipinski definition) is 4. The van der Waals surface area contributed by atoms with Crippen molar-refractivity contribution in [3.63, 3.8) is 0 Å². The average Bonchev–Trinajstić information content (AvgIpc) is 3.26. The molecule has 1 aliphatic rings. The molecule has 0 aliphatic carbocycles. The predicted molar refractivity (Wildman–Crippen MR) is 132 cm³/mol. The molecule has 4 rings (SSSR count). The molecule has 33 heavy (non-hydrogen) atoms. The standard InChI is InChI=1S/C26H27N3O3S/c30-26(27-25-15-17-29(20-25)19-22-9-5-2-6-10-22)23-11-13-24(14-12-23)28-33(31,32)18-16-21-7-3-1-4-8-21/h1-14,16,18,25,28H,15,17,19-20H2,(H,27,30)/b18-16+. The number of hydrogen-bond donors (Lipinski definition) is 2. The summed E-state index contributed by atoms with van der Waals surface area (Å²) in [6.07, 6.45) is 2.44. The van der Waals surface area contributed by atoms with Crippen LogP contribution in [0.3, 0.4) is 0 Å². The van der Waals surface area contributed by atoms with Gasteiger partial charge in [0.1, 0.15) is 0 Å². The SMILES string of the molecule is O=C(NC1CCN(Cc2ccccc2)C1)c1ccc(NS(=O)(=O)/C=C/c2ccccc2)cc1. The van der Waals surface area contributed by atoms with Crippen molar-refractivity contribution in [2.24, 2.45) is 0 Å². The van der Waals surface area contributed by atoms with Gasteiger partial charge in [0.05, 0.1) is 5.41 Å². The lowest BCUT2D eigenvalue weighted by Crippen LogP contribution is -2.36. The Balaban J connectivity index is 1.29. The molecule has 1 aliphatic heterocycles. The van der Waals surface area contributed by atoms with E-state index in [9.17, 15) is 13.2 Å². The van der Waals surface area contributed by atoms with E-state index in [1.54, 1.807) is 24.3 Å². The number of anilines is 1. The summed E-state index contributed by atoms with van der Waals surface area (Å²) >= 11 is 0. The van der Waals surface area contributed by atoms with Crippen LogP contribution < -0.4 is 10.0 Å². The molecule has 2 N–H and O–H groups in total. The van der Waals surface area contributed by atoms with Crippen LogP contribution in [-0.2, 0) is 16.6 Å². The molecule has 6 nitrogen and oxygen atoms in total. The van der Waals surface area contributed by atoms with E-state index in [1.165, 1.54) is 11.6 Å². The van der Waals surface area contributed by atoms with Crippen LogP contribution in [0.15, 0.2) is 90.3 Å². The minimum absolute atomic E-state index is 0.0996. The Morgan fingerprint density at radius 2 is 1.61 bits per heavy atom. The van der Waals surface area contributed by atoms with E-state index in [2.05, 4.69) is 27.1 Å². The van der Waals surface area contributed by atoms with Gasteiger partial charge in [-0.05, 0) is 47.9 Å². The van der Waals surface area contributed by atoms with E-state index in [0.29, 0.717) is 11.3 Å². The Hall–Kier alpha value is -3.42. The van der Waals surface area contributed by atoms with E-state index in [-0.39, 0.29) is 11.9 Å². The molecule has 0 bridgehead atoms. The van der Waals surface area contributed by atoms with Crippen molar-refractivity contribution < 1.29 is 13.2 Å². The minimum Gasteiger partial charge on any atom is -0.348 e. The van der Waals surface area contributed by atoms with Crippen molar-refractivity contribution in [2.75, 3.05) is 17.8 Å². The number of sulfonamides is 1. The van der Waals surface area contributed by atoms with Crippen molar-refractivity contribution in [3.05, 3.63) is 107 Å². The van der Waals surface area contributed by atoms with Crippen LogP contribution in [0, 0.1) is 0 Å². The number of nitrogens with zero attached hydrogens (tertiary/aromatic N) is 1. The maximum atomic E-state index is 12.6. The van der Waals surface area contributed by atoms with Gasteiger partial charge in [-0.15, -0.1) is 0 Å². The average molecular weight is 462 g/mol. The fraction of sp³-hybridized carbons (Fsp3) is 0.192. The Bertz CT molecular complexity index is 1190. The van der Waals surface area contributed by atoms with Crippen LogP contribution in [0.4, 0.5) is 5.69 Å². The first-order chi connectivity index (χ1) is 16.0. The highest BCUT2D eigenvalue weighted by Gasteiger charge is 2.24. The third-order valence-electron chi connectivity index (χ3n) is 5.50. The number of carbonyl (C=O) groups excluding carboxylic acids is 1. The minimum atomic E-state index is -3.65. The lowest BCUT2D eigenvalue weighted by Gasteiger charge is -2.17. The van der Waals surface area contributed by atoms with Crippen LogP contribution in [0.1, 0.15) is 27.9 Å². The van der Waals surface area contributed by atoms with Gasteiger partial charge in [-0.3, -0.25) is 14.4 Å². The Morgan fingerprint density at radius 1 is 0.939 bits per heavy atom. The van der Waals surface area contributed by atoms with Gasteiger partial charge in [0.25, 0.3) is 15.9 Å². The third kappa shape index (κ3) is 6.78. The summed E-state index contributed by atoms with van der Waals surface area (Å²) in [6.45, 7) is 2.63. The third-order valence-corrected chi connectivity index (χ3v) is 6.52. The molecule has 7 heteroatoms. The van der Waals surface area contributed by atoms with Gasteiger partial charge in [-0.1, -0.05) is 60.7 Å². The van der Waals surface area contributed by atoms with Gasteiger partial charge in [0, 0.05) is 36.9 Å². The maximum Gasteiger partial charge on any atom is 0.255 e. The van der Waals surface area contributed by atoms with Crippen molar-refractivity contribution in [3.8, 4) is 0 Å². The molecule has 1 saturated heterocycles. The molecule has 1 fully saturated rings. The Kier molecular flexibility index (Phi) is 7.22. The van der Waals surface area contributed by atoms with Crippen molar-refractivity contribution in [1.82, 2.24) is 10.2 Å². The first kappa shape index (κ1) is 22.8. The molecule has 0 spiro atoms. The zero-order valence-electron chi connectivity index (χ0n) is 18.2. The molecule has 1 heterocycles. The molecule has 0 aromatic heterocycles. The van der Waals surface area contributed by atoms with Crippen molar-refractivity contribution in [1.29, 1.82) is 0 Å². The number of rotatable bonds is 8. The lowest BCUT2D eigenvalue weighted by atomic mass is 10.1. The maximum absolute atomic E-state index is 12.6. The number of likely N-dealkylation sites (tertiary alicyclic amines) is 1. The summed E-state index contributed by atoms with van der Waals surface area (Å²) in [6, 6.07) is 26.1. The van der Waals surface area contributed by atoms with Gasteiger partial charge in [-0.25, -0.2) is 8.42 Å². The van der Waals surface area contributed by atoms with E-state index in [1.807, 2.05) is 48.5 Å². The molecular formula is C26H27N3O3S. The molecule has 170 valence electrons. The zero-order chi connectivity index (χ0) is 23.1. The fourth-order valence-electron chi connectivity index (χ4n) is 3.82. The van der Waals surface area contributed by atoms with E-state index in [4.69, 9.17) is 0 Å². The van der Waals surface area contributed by atoms with Gasteiger partial charge >= 0.3 is 0 Å². The summed E-state index contributed by atoms with van der Waals surface area (Å²) in [5.41, 5.74) is 2.96. The number of carbonyl (C=O) groups is 1. The molecule has 1 amide bonds. The second kappa shape index (κ2) is 10.5. The summed E-state index contributed by atoms with van der Waals surface area (Å²) in [4.78, 5) is 15.0. The summed E-state index contributed by atoms with van der Waals surface area (Å²) in [5, 5.41) is 4.22. The fourth-order valence-corrected chi connectivity index (χ4v) is 4.69. The van der Waals surface area contributed by atoms with Crippen molar-refractivity contribution >= 4 is 27.7 Å². The largest absolute Gasteiger partial charge is 0.348 e. The lowest BCUT2D eigenvalue weighted by molar-refractivity contribution is 0.0937. The monoisotopic (exact) mass is 461 g/mol. The van der Waals surface area contributed by atoms with Crippen LogP contribution in [-0.4, -0.2) is 38.4 Å². The van der Waals surface area contributed by atoms with E-state index >= 15 is 0 Å². The molecule has 0 radical (unpaired) electrons. The number of nitrogens with one attached hydrogen (secondary N) is 2. The number of benzene rings is 3.